The Bertz CT molecular complexity index is 1730. The van der Waals surface area contributed by atoms with E-state index in [0.717, 1.165) is 24.0 Å². The van der Waals surface area contributed by atoms with Gasteiger partial charge in [-0.25, -0.2) is 9.37 Å². The molecule has 0 aliphatic carbocycles. The van der Waals surface area contributed by atoms with Crippen LogP contribution in [0.15, 0.2) is 71.3 Å². The van der Waals surface area contributed by atoms with Crippen molar-refractivity contribution in [3.05, 3.63) is 106 Å². The number of alkyl halides is 3. The van der Waals surface area contributed by atoms with Gasteiger partial charge in [0.05, 0.1) is 6.42 Å². The SMILES string of the molecule is Cc1cccc(C2CCCN(c3nc(C(F)(F)F)c(C(=O)Cc4ccc(N5CCN(C(=O)Cc6ccccc6F)CC5)nc4)o3)C2)c1. The lowest BCUT2D eigenvalue weighted by atomic mass is 9.90. The smallest absolute Gasteiger partial charge is 0.420 e. The van der Waals surface area contributed by atoms with Gasteiger partial charge in [-0.3, -0.25) is 9.59 Å². The van der Waals surface area contributed by atoms with Crippen LogP contribution in [0.3, 0.4) is 0 Å². The molecule has 2 saturated heterocycles. The maximum atomic E-state index is 14.0. The first-order valence-corrected chi connectivity index (χ1v) is 15.7. The van der Waals surface area contributed by atoms with E-state index in [0.29, 0.717) is 56.2 Å². The molecule has 2 aliphatic rings. The van der Waals surface area contributed by atoms with Gasteiger partial charge < -0.3 is 19.1 Å². The second-order valence-corrected chi connectivity index (χ2v) is 12.1. The average molecular weight is 650 g/mol. The Hall–Kier alpha value is -4.74. The Balaban J connectivity index is 1.08. The number of pyridine rings is 1. The third kappa shape index (κ3) is 7.47. The first-order valence-electron chi connectivity index (χ1n) is 15.7. The van der Waals surface area contributed by atoms with Gasteiger partial charge in [-0.1, -0.05) is 54.1 Å². The number of piperidine rings is 1. The van der Waals surface area contributed by atoms with E-state index in [9.17, 15) is 27.2 Å². The molecule has 2 aliphatic heterocycles. The van der Waals surface area contributed by atoms with Crippen molar-refractivity contribution in [3.63, 3.8) is 0 Å². The topological polar surface area (TPSA) is 82.8 Å². The third-order valence-electron chi connectivity index (χ3n) is 8.77. The zero-order chi connectivity index (χ0) is 33.1. The number of oxazole rings is 1. The van der Waals surface area contributed by atoms with Gasteiger partial charge in [0.2, 0.25) is 17.5 Å². The van der Waals surface area contributed by atoms with Crippen LogP contribution < -0.4 is 9.80 Å². The molecular weight excluding hydrogens is 614 g/mol. The fourth-order valence-electron chi connectivity index (χ4n) is 6.25. The predicted octanol–water partition coefficient (Wildman–Crippen LogP) is 6.24. The molecule has 0 radical (unpaired) electrons. The van der Waals surface area contributed by atoms with E-state index in [1.54, 1.807) is 40.1 Å². The monoisotopic (exact) mass is 649 g/mol. The summed E-state index contributed by atoms with van der Waals surface area (Å²) in [5.74, 6) is -1.47. The normalized spacial score (nSPS) is 17.2. The summed E-state index contributed by atoms with van der Waals surface area (Å²) in [6.07, 6.45) is -2.10. The van der Waals surface area contributed by atoms with Crippen LogP contribution in [0.25, 0.3) is 0 Å². The summed E-state index contributed by atoms with van der Waals surface area (Å²) in [5.41, 5.74) is 1.69. The van der Waals surface area contributed by atoms with Crippen LogP contribution in [0, 0.1) is 12.7 Å². The summed E-state index contributed by atoms with van der Waals surface area (Å²) in [4.78, 5) is 39.5. The highest BCUT2D eigenvalue weighted by Crippen LogP contribution is 2.37. The van der Waals surface area contributed by atoms with Crippen LogP contribution in [0.2, 0.25) is 0 Å². The third-order valence-corrected chi connectivity index (χ3v) is 8.77. The lowest BCUT2D eigenvalue weighted by molar-refractivity contribution is -0.141. The molecule has 0 saturated carbocycles. The fraction of sp³-hybridized carbons (Fsp3) is 0.371. The summed E-state index contributed by atoms with van der Waals surface area (Å²) in [6.45, 7) is 4.80. The molecule has 4 aromatic rings. The number of hydrogen-bond acceptors (Lipinski definition) is 7. The maximum absolute atomic E-state index is 14.0. The highest BCUT2D eigenvalue weighted by atomic mass is 19.4. The van der Waals surface area contributed by atoms with Crippen LogP contribution in [0.5, 0.6) is 0 Å². The number of halogens is 4. The number of anilines is 2. The number of benzene rings is 2. The van der Waals surface area contributed by atoms with Crippen molar-refractivity contribution in [2.45, 2.75) is 44.7 Å². The first-order chi connectivity index (χ1) is 22.5. The Morgan fingerprint density at radius 1 is 0.936 bits per heavy atom. The van der Waals surface area contributed by atoms with Crippen molar-refractivity contribution in [1.82, 2.24) is 14.9 Å². The Morgan fingerprint density at radius 3 is 2.43 bits per heavy atom. The predicted molar refractivity (Wildman–Crippen MR) is 168 cm³/mol. The number of hydrogen-bond donors (Lipinski definition) is 0. The number of piperazine rings is 1. The molecular formula is C35H35F4N5O3. The van der Waals surface area contributed by atoms with Crippen molar-refractivity contribution >= 4 is 23.5 Å². The van der Waals surface area contributed by atoms with Crippen molar-refractivity contribution in [3.8, 4) is 0 Å². The van der Waals surface area contributed by atoms with Gasteiger partial charge in [-0.05, 0) is 48.6 Å². The lowest BCUT2D eigenvalue weighted by Gasteiger charge is -2.35. The first kappa shape index (κ1) is 32.2. The molecule has 1 atom stereocenters. The molecule has 6 rings (SSSR count). The van der Waals surface area contributed by atoms with E-state index in [4.69, 9.17) is 4.42 Å². The second kappa shape index (κ2) is 13.5. The minimum atomic E-state index is -4.86. The van der Waals surface area contributed by atoms with E-state index >= 15 is 0 Å². The van der Waals surface area contributed by atoms with Gasteiger partial charge in [0, 0.05) is 57.8 Å². The molecule has 2 aromatic carbocycles. The van der Waals surface area contributed by atoms with Crippen LogP contribution in [0.4, 0.5) is 29.4 Å². The van der Waals surface area contributed by atoms with Crippen LogP contribution in [-0.4, -0.2) is 65.8 Å². The highest BCUT2D eigenvalue weighted by Gasteiger charge is 2.42. The number of carbonyl (C=O) groups is 2. The van der Waals surface area contributed by atoms with E-state index in [1.165, 1.54) is 12.3 Å². The molecule has 8 nitrogen and oxygen atoms in total. The van der Waals surface area contributed by atoms with E-state index in [1.807, 2.05) is 30.0 Å². The van der Waals surface area contributed by atoms with Crippen molar-refractivity contribution in [2.75, 3.05) is 49.1 Å². The molecule has 1 amide bonds. The maximum Gasteiger partial charge on any atom is 0.437 e. The number of nitrogens with zero attached hydrogens (tertiary/aromatic N) is 5. The number of aryl methyl sites for hydroxylation is 1. The minimum Gasteiger partial charge on any atom is -0.420 e. The minimum absolute atomic E-state index is 0.0116. The van der Waals surface area contributed by atoms with Crippen molar-refractivity contribution < 1.29 is 31.6 Å². The van der Waals surface area contributed by atoms with Crippen molar-refractivity contribution in [2.24, 2.45) is 0 Å². The molecule has 1 unspecified atom stereocenters. The standard InChI is InChI=1S/C35H35F4N5O3/c1-23-6-4-8-25(18-23)27-9-5-13-44(22-27)34-41-33(35(37,38)39)32(47-34)29(45)19-24-11-12-30(40-21-24)42-14-16-43(17-15-42)31(46)20-26-7-2-3-10-28(26)36/h2-4,6-8,10-12,18,21,27H,5,9,13-17,19-20,22H2,1H3. The average Bonchev–Trinajstić information content (AvgIpc) is 3.54. The molecule has 47 heavy (non-hydrogen) atoms. The Labute approximate surface area is 270 Å². The lowest BCUT2D eigenvalue weighted by Crippen LogP contribution is -2.49. The van der Waals surface area contributed by atoms with E-state index in [-0.39, 0.29) is 30.7 Å². The summed E-state index contributed by atoms with van der Waals surface area (Å²) >= 11 is 0. The fourth-order valence-corrected chi connectivity index (χ4v) is 6.25. The Morgan fingerprint density at radius 2 is 1.72 bits per heavy atom. The summed E-state index contributed by atoms with van der Waals surface area (Å²) < 4.78 is 61.6. The second-order valence-electron chi connectivity index (χ2n) is 12.1. The molecule has 4 heterocycles. The molecule has 246 valence electrons. The molecule has 0 spiro atoms. The number of amides is 1. The number of aromatic nitrogens is 2. The Kier molecular flexibility index (Phi) is 9.28. The number of ketones is 1. The largest absolute Gasteiger partial charge is 0.437 e. The van der Waals surface area contributed by atoms with Gasteiger partial charge in [-0.2, -0.15) is 18.2 Å². The molecule has 2 aromatic heterocycles. The van der Waals surface area contributed by atoms with Crippen molar-refractivity contribution in [1.29, 1.82) is 0 Å². The quantitative estimate of drug-likeness (QED) is 0.165. The van der Waals surface area contributed by atoms with Gasteiger partial charge in [0.25, 0.3) is 6.01 Å². The number of rotatable bonds is 8. The van der Waals surface area contributed by atoms with Gasteiger partial charge in [0.1, 0.15) is 11.6 Å². The molecule has 2 fully saturated rings. The highest BCUT2D eigenvalue weighted by molar-refractivity contribution is 5.96. The summed E-state index contributed by atoms with van der Waals surface area (Å²) in [7, 11) is 0. The molecule has 12 heteroatoms. The summed E-state index contributed by atoms with van der Waals surface area (Å²) in [5, 5.41) is 0. The van der Waals surface area contributed by atoms with Crippen LogP contribution in [0.1, 0.15) is 57.3 Å². The van der Waals surface area contributed by atoms with E-state index < -0.39 is 29.2 Å². The van der Waals surface area contributed by atoms with E-state index in [2.05, 4.69) is 16.0 Å². The number of carbonyl (C=O) groups excluding carboxylic acids is 2. The molecule has 0 bridgehead atoms. The zero-order valence-electron chi connectivity index (χ0n) is 26.0. The zero-order valence-corrected chi connectivity index (χ0v) is 26.0. The van der Waals surface area contributed by atoms with Gasteiger partial charge in [-0.15, -0.1) is 0 Å². The summed E-state index contributed by atoms with van der Waals surface area (Å²) in [6, 6.07) is 17.4. The van der Waals surface area contributed by atoms with Crippen LogP contribution in [-0.2, 0) is 23.8 Å². The van der Waals surface area contributed by atoms with Crippen LogP contribution >= 0.6 is 0 Å². The van der Waals surface area contributed by atoms with Gasteiger partial charge >= 0.3 is 6.18 Å². The number of Topliss-reactive ketones (excluding diaryl/α,β-unsaturated/α-hetero) is 1. The molecule has 0 N–H and O–H groups in total. The van der Waals surface area contributed by atoms with Gasteiger partial charge in [0.15, 0.2) is 5.69 Å².